The van der Waals surface area contributed by atoms with E-state index in [1.807, 2.05) is 6.07 Å². The van der Waals surface area contributed by atoms with E-state index in [9.17, 15) is 18.3 Å². The average molecular weight is 375 g/mol. The van der Waals surface area contributed by atoms with Gasteiger partial charge in [-0.25, -0.2) is 17.9 Å². The van der Waals surface area contributed by atoms with E-state index >= 15 is 0 Å². The molecule has 0 fully saturated rings. The number of ether oxygens (including phenoxy) is 1. The number of carbonyl (C=O) groups excluding carboxylic acids is 1. The van der Waals surface area contributed by atoms with Gasteiger partial charge in [-0.1, -0.05) is 6.07 Å². The van der Waals surface area contributed by atoms with E-state index in [-0.39, 0.29) is 23.8 Å². The van der Waals surface area contributed by atoms with Gasteiger partial charge in [-0.15, -0.1) is 0 Å². The van der Waals surface area contributed by atoms with E-state index in [1.165, 1.54) is 29.8 Å². The van der Waals surface area contributed by atoms with Crippen LogP contribution in [0.15, 0.2) is 47.4 Å². The van der Waals surface area contributed by atoms with Gasteiger partial charge in [-0.2, -0.15) is 0 Å². The van der Waals surface area contributed by atoms with Crippen LogP contribution >= 0.6 is 0 Å². The molecule has 26 heavy (non-hydrogen) atoms. The van der Waals surface area contributed by atoms with Crippen molar-refractivity contribution in [3.8, 4) is 5.75 Å². The van der Waals surface area contributed by atoms with Crippen LogP contribution in [0.1, 0.15) is 34.3 Å². The molecule has 0 heterocycles. The molecule has 2 aromatic rings. The third kappa shape index (κ3) is 4.42. The Labute approximate surface area is 152 Å². The van der Waals surface area contributed by atoms with Crippen molar-refractivity contribution in [2.75, 3.05) is 13.2 Å². The Balaban J connectivity index is 1.54. The van der Waals surface area contributed by atoms with Crippen molar-refractivity contribution in [2.24, 2.45) is 0 Å². The Morgan fingerprint density at radius 3 is 2.46 bits per heavy atom. The Hall–Kier alpha value is -2.38. The lowest BCUT2D eigenvalue weighted by Crippen LogP contribution is -2.28. The van der Waals surface area contributed by atoms with Crippen LogP contribution in [0.3, 0.4) is 0 Å². The van der Waals surface area contributed by atoms with Crippen molar-refractivity contribution in [3.63, 3.8) is 0 Å². The minimum atomic E-state index is -3.64. The van der Waals surface area contributed by atoms with Gasteiger partial charge in [0.05, 0.1) is 10.5 Å². The number of phenolic OH excluding ortho intramolecular Hbond substituents is 1. The smallest absolute Gasteiger partial charge is 0.338 e. The Kier molecular flexibility index (Phi) is 5.58. The van der Waals surface area contributed by atoms with Gasteiger partial charge >= 0.3 is 5.97 Å². The van der Waals surface area contributed by atoms with Gasteiger partial charge in [0.25, 0.3) is 0 Å². The van der Waals surface area contributed by atoms with Gasteiger partial charge in [0.1, 0.15) is 12.4 Å². The number of phenols is 1. The number of sulfonamides is 1. The van der Waals surface area contributed by atoms with Gasteiger partial charge in [0.15, 0.2) is 0 Å². The number of rotatable bonds is 6. The van der Waals surface area contributed by atoms with Crippen LogP contribution in [0, 0.1) is 0 Å². The fourth-order valence-corrected chi connectivity index (χ4v) is 4.02. The molecule has 1 aliphatic carbocycles. The van der Waals surface area contributed by atoms with E-state index in [4.69, 9.17) is 4.74 Å². The number of esters is 1. The first kappa shape index (κ1) is 18.4. The minimum Gasteiger partial charge on any atom is -0.508 e. The molecule has 6 nitrogen and oxygen atoms in total. The van der Waals surface area contributed by atoms with E-state index < -0.39 is 16.0 Å². The summed E-state index contributed by atoms with van der Waals surface area (Å²) in [5.41, 5.74) is 2.61. The summed E-state index contributed by atoms with van der Waals surface area (Å²) in [7, 11) is -3.64. The standard InChI is InChI=1S/C19H21NO5S/c21-17-8-5-15(6-9-17)19(22)25-12-11-20-26(23,24)18-10-7-14-3-1-2-4-16(14)13-18/h5-10,13,20-21H,1-4,11-12H2. The molecule has 0 saturated heterocycles. The summed E-state index contributed by atoms with van der Waals surface area (Å²) in [6, 6.07) is 10.9. The first-order chi connectivity index (χ1) is 12.5. The third-order valence-electron chi connectivity index (χ3n) is 4.36. The lowest BCUT2D eigenvalue weighted by atomic mass is 9.92. The van der Waals surface area contributed by atoms with E-state index in [1.54, 1.807) is 12.1 Å². The number of benzene rings is 2. The largest absolute Gasteiger partial charge is 0.508 e. The van der Waals surface area contributed by atoms with Gasteiger partial charge < -0.3 is 9.84 Å². The fraction of sp³-hybridized carbons (Fsp3) is 0.316. The van der Waals surface area contributed by atoms with Crippen LogP contribution in [0.4, 0.5) is 0 Å². The number of nitrogens with one attached hydrogen (secondary N) is 1. The predicted octanol–water partition coefficient (Wildman–Crippen LogP) is 2.41. The molecule has 0 radical (unpaired) electrons. The van der Waals surface area contributed by atoms with Crippen LogP contribution in [0.5, 0.6) is 5.75 Å². The predicted molar refractivity (Wildman–Crippen MR) is 96.7 cm³/mol. The van der Waals surface area contributed by atoms with E-state index in [0.29, 0.717) is 5.56 Å². The molecule has 0 aromatic heterocycles. The molecule has 0 saturated carbocycles. The SMILES string of the molecule is O=C(OCCNS(=O)(=O)c1ccc2c(c1)CCCC2)c1ccc(O)cc1. The van der Waals surface area contributed by atoms with Crippen molar-refractivity contribution in [3.05, 3.63) is 59.2 Å². The quantitative estimate of drug-likeness (QED) is 0.597. The maximum atomic E-state index is 12.4. The molecule has 1 aliphatic rings. The molecule has 0 bridgehead atoms. The lowest BCUT2D eigenvalue weighted by molar-refractivity contribution is 0.0513. The molecule has 7 heteroatoms. The monoisotopic (exact) mass is 375 g/mol. The van der Waals surface area contributed by atoms with Crippen LogP contribution in [0.25, 0.3) is 0 Å². The number of hydrogen-bond donors (Lipinski definition) is 2. The first-order valence-electron chi connectivity index (χ1n) is 8.53. The van der Waals surface area contributed by atoms with E-state index in [0.717, 1.165) is 31.2 Å². The average Bonchev–Trinajstić information content (AvgIpc) is 2.65. The summed E-state index contributed by atoms with van der Waals surface area (Å²) in [4.78, 5) is 12.1. The second kappa shape index (κ2) is 7.88. The number of carbonyl (C=O) groups is 1. The molecule has 3 rings (SSSR count). The third-order valence-corrected chi connectivity index (χ3v) is 5.82. The van der Waals surface area contributed by atoms with Crippen LogP contribution < -0.4 is 4.72 Å². The molecule has 0 spiro atoms. The Morgan fingerprint density at radius 2 is 1.73 bits per heavy atom. The first-order valence-corrected chi connectivity index (χ1v) is 10.0. The zero-order valence-corrected chi connectivity index (χ0v) is 15.1. The summed E-state index contributed by atoms with van der Waals surface area (Å²) >= 11 is 0. The molecule has 0 amide bonds. The summed E-state index contributed by atoms with van der Waals surface area (Å²) in [6.45, 7) is -0.0902. The van der Waals surface area contributed by atoms with Gasteiger partial charge in [0.2, 0.25) is 10.0 Å². The van der Waals surface area contributed by atoms with Crippen LogP contribution in [-0.4, -0.2) is 32.6 Å². The lowest BCUT2D eigenvalue weighted by Gasteiger charge is -2.16. The highest BCUT2D eigenvalue weighted by atomic mass is 32.2. The zero-order chi connectivity index (χ0) is 18.6. The van der Waals surface area contributed by atoms with Gasteiger partial charge in [0, 0.05) is 6.54 Å². The minimum absolute atomic E-state index is 0.0107. The highest BCUT2D eigenvalue weighted by Gasteiger charge is 2.17. The maximum absolute atomic E-state index is 12.4. The molecule has 0 atom stereocenters. The molecule has 2 N–H and O–H groups in total. The second-order valence-corrected chi connectivity index (χ2v) is 7.99. The van der Waals surface area contributed by atoms with Crippen molar-refractivity contribution in [2.45, 2.75) is 30.6 Å². The number of hydrogen-bond acceptors (Lipinski definition) is 5. The summed E-state index contributed by atoms with van der Waals surface area (Å²) < 4.78 is 32.3. The Bertz CT molecular complexity index is 891. The van der Waals surface area contributed by atoms with Crippen molar-refractivity contribution in [1.82, 2.24) is 4.72 Å². The van der Waals surface area contributed by atoms with Gasteiger partial charge in [-0.05, 0) is 73.2 Å². The number of aryl methyl sites for hydroxylation is 2. The summed E-state index contributed by atoms with van der Waals surface area (Å²) in [5.74, 6) is -0.516. The molecule has 138 valence electrons. The highest BCUT2D eigenvalue weighted by molar-refractivity contribution is 7.89. The number of aromatic hydroxyl groups is 1. The molecule has 2 aromatic carbocycles. The van der Waals surface area contributed by atoms with Crippen LogP contribution in [0.2, 0.25) is 0 Å². The zero-order valence-electron chi connectivity index (χ0n) is 14.3. The fourth-order valence-electron chi connectivity index (χ4n) is 2.96. The van der Waals surface area contributed by atoms with Crippen LogP contribution in [-0.2, 0) is 27.6 Å². The molecule has 0 aliphatic heterocycles. The normalized spacial score (nSPS) is 13.8. The molecular weight excluding hydrogens is 354 g/mol. The summed E-state index contributed by atoms with van der Waals surface area (Å²) in [6.07, 6.45) is 4.13. The van der Waals surface area contributed by atoms with Crippen molar-refractivity contribution >= 4 is 16.0 Å². The topological polar surface area (TPSA) is 92.7 Å². The maximum Gasteiger partial charge on any atom is 0.338 e. The number of fused-ring (bicyclic) bond motifs is 1. The molecule has 0 unspecified atom stereocenters. The molecular formula is C19H21NO5S. The summed E-state index contributed by atoms with van der Waals surface area (Å²) in [5, 5.41) is 9.20. The van der Waals surface area contributed by atoms with Gasteiger partial charge in [-0.3, -0.25) is 0 Å². The second-order valence-electron chi connectivity index (χ2n) is 6.22. The highest BCUT2D eigenvalue weighted by Crippen LogP contribution is 2.24. The van der Waals surface area contributed by atoms with Crippen molar-refractivity contribution in [1.29, 1.82) is 0 Å². The van der Waals surface area contributed by atoms with Crippen molar-refractivity contribution < 1.29 is 23.1 Å². The Morgan fingerprint density at radius 1 is 1.04 bits per heavy atom. The van der Waals surface area contributed by atoms with E-state index in [2.05, 4.69) is 4.72 Å².